The topological polar surface area (TPSA) is 50.4 Å². The Balaban J connectivity index is 1.93. The van der Waals surface area contributed by atoms with Gasteiger partial charge in [0.25, 0.3) is 0 Å². The number of carbonyl (C=O) groups excluding carboxylic acids is 1. The molecule has 0 saturated heterocycles. The SMILES string of the molecule is Cc1c(NC(=O)NC2CCC(C)CC2)cccc1OCC(F)(F)F. The summed E-state index contributed by atoms with van der Waals surface area (Å²) in [6, 6.07) is 4.44. The first-order valence-corrected chi connectivity index (χ1v) is 8.11. The van der Waals surface area contributed by atoms with E-state index in [4.69, 9.17) is 4.74 Å². The highest BCUT2D eigenvalue weighted by Crippen LogP contribution is 2.28. The van der Waals surface area contributed by atoms with E-state index in [0.717, 1.165) is 25.7 Å². The largest absolute Gasteiger partial charge is 0.484 e. The number of anilines is 1. The van der Waals surface area contributed by atoms with Crippen molar-refractivity contribution in [1.29, 1.82) is 0 Å². The van der Waals surface area contributed by atoms with Gasteiger partial charge in [-0.25, -0.2) is 4.79 Å². The van der Waals surface area contributed by atoms with Crippen LogP contribution < -0.4 is 15.4 Å². The van der Waals surface area contributed by atoms with Crippen LogP contribution in [0, 0.1) is 12.8 Å². The van der Waals surface area contributed by atoms with Crippen LogP contribution in [0.5, 0.6) is 5.75 Å². The predicted octanol–water partition coefficient (Wildman–Crippen LogP) is 4.64. The molecule has 1 fully saturated rings. The van der Waals surface area contributed by atoms with Crippen LogP contribution in [0.1, 0.15) is 38.2 Å². The molecule has 0 unspecified atom stereocenters. The van der Waals surface area contributed by atoms with E-state index in [1.54, 1.807) is 19.1 Å². The maximum atomic E-state index is 12.3. The molecule has 1 aliphatic rings. The van der Waals surface area contributed by atoms with Crippen LogP contribution >= 0.6 is 0 Å². The van der Waals surface area contributed by atoms with Crippen molar-refractivity contribution in [1.82, 2.24) is 5.32 Å². The molecule has 0 radical (unpaired) electrons. The molecule has 0 heterocycles. The second-order valence-corrected chi connectivity index (χ2v) is 6.39. The first-order chi connectivity index (χ1) is 11.2. The van der Waals surface area contributed by atoms with Gasteiger partial charge < -0.3 is 15.4 Å². The summed E-state index contributed by atoms with van der Waals surface area (Å²) in [7, 11) is 0. The van der Waals surface area contributed by atoms with E-state index in [1.807, 2.05) is 0 Å². The minimum atomic E-state index is -4.40. The molecule has 1 aromatic rings. The molecular formula is C17H23F3N2O2. The van der Waals surface area contributed by atoms with E-state index in [2.05, 4.69) is 17.6 Å². The molecule has 2 rings (SSSR count). The first kappa shape index (κ1) is 18.4. The molecule has 0 spiro atoms. The summed E-state index contributed by atoms with van der Waals surface area (Å²) in [5.41, 5.74) is 0.908. The molecular weight excluding hydrogens is 321 g/mol. The van der Waals surface area contributed by atoms with Crippen LogP contribution in [0.4, 0.5) is 23.7 Å². The fraction of sp³-hybridized carbons (Fsp3) is 0.588. The molecule has 1 aromatic carbocycles. The number of amides is 2. The van der Waals surface area contributed by atoms with Gasteiger partial charge >= 0.3 is 12.2 Å². The van der Waals surface area contributed by atoms with Crippen LogP contribution in [0.25, 0.3) is 0 Å². The number of hydrogen-bond donors (Lipinski definition) is 2. The summed E-state index contributed by atoms with van der Waals surface area (Å²) in [6.45, 7) is 2.46. The Morgan fingerprint density at radius 1 is 1.25 bits per heavy atom. The summed E-state index contributed by atoms with van der Waals surface area (Å²) in [5.74, 6) is 0.799. The summed E-state index contributed by atoms with van der Waals surface area (Å²) in [4.78, 5) is 12.1. The van der Waals surface area contributed by atoms with Gasteiger partial charge in [0.15, 0.2) is 6.61 Å². The summed E-state index contributed by atoms with van der Waals surface area (Å²) in [5, 5.41) is 5.61. The highest BCUT2D eigenvalue weighted by atomic mass is 19.4. The van der Waals surface area contributed by atoms with Gasteiger partial charge in [0, 0.05) is 17.3 Å². The highest BCUT2D eigenvalue weighted by molar-refractivity contribution is 5.90. The van der Waals surface area contributed by atoms with Crippen molar-refractivity contribution >= 4 is 11.7 Å². The second kappa shape index (κ2) is 7.77. The third-order valence-electron chi connectivity index (χ3n) is 4.27. The monoisotopic (exact) mass is 344 g/mol. The highest BCUT2D eigenvalue weighted by Gasteiger charge is 2.29. The van der Waals surface area contributed by atoms with Gasteiger partial charge in [0.05, 0.1) is 0 Å². The zero-order valence-electron chi connectivity index (χ0n) is 13.9. The van der Waals surface area contributed by atoms with Crippen molar-refractivity contribution in [3.63, 3.8) is 0 Å². The van der Waals surface area contributed by atoms with Gasteiger partial charge in [0.2, 0.25) is 0 Å². The van der Waals surface area contributed by atoms with E-state index in [1.165, 1.54) is 6.07 Å². The Hall–Kier alpha value is -1.92. The lowest BCUT2D eigenvalue weighted by Crippen LogP contribution is -2.40. The van der Waals surface area contributed by atoms with Gasteiger partial charge in [-0.3, -0.25) is 0 Å². The van der Waals surface area contributed by atoms with E-state index < -0.39 is 12.8 Å². The molecule has 134 valence electrons. The van der Waals surface area contributed by atoms with Gasteiger partial charge in [-0.1, -0.05) is 13.0 Å². The number of alkyl halides is 3. The summed E-state index contributed by atoms with van der Waals surface area (Å²) < 4.78 is 41.6. The van der Waals surface area contributed by atoms with Gasteiger partial charge in [0.1, 0.15) is 5.75 Å². The normalized spacial score (nSPS) is 21.2. The third-order valence-corrected chi connectivity index (χ3v) is 4.27. The molecule has 7 heteroatoms. The molecule has 1 aliphatic carbocycles. The molecule has 1 saturated carbocycles. The standard InChI is InChI=1S/C17H23F3N2O2/c1-11-6-8-13(9-7-11)21-16(23)22-14-4-3-5-15(12(14)2)24-10-17(18,19)20/h3-5,11,13H,6-10H2,1-2H3,(H2,21,22,23). The average Bonchev–Trinajstić information content (AvgIpc) is 2.49. The molecule has 4 nitrogen and oxygen atoms in total. The number of benzene rings is 1. The van der Waals surface area contributed by atoms with Gasteiger partial charge in [-0.2, -0.15) is 13.2 Å². The zero-order valence-corrected chi connectivity index (χ0v) is 13.9. The maximum Gasteiger partial charge on any atom is 0.422 e. The van der Waals surface area contributed by atoms with Gasteiger partial charge in [-0.15, -0.1) is 0 Å². The molecule has 0 bridgehead atoms. The zero-order chi connectivity index (χ0) is 17.7. The van der Waals surface area contributed by atoms with E-state index in [-0.39, 0.29) is 17.8 Å². The molecule has 0 aliphatic heterocycles. The lowest BCUT2D eigenvalue weighted by molar-refractivity contribution is -0.153. The summed E-state index contributed by atoms with van der Waals surface area (Å²) >= 11 is 0. The Bertz CT molecular complexity index is 567. The fourth-order valence-corrected chi connectivity index (χ4v) is 2.81. The lowest BCUT2D eigenvalue weighted by Gasteiger charge is -2.27. The smallest absolute Gasteiger partial charge is 0.422 e. The number of urea groups is 1. The average molecular weight is 344 g/mol. The van der Waals surface area contributed by atoms with Crippen LogP contribution in [-0.2, 0) is 0 Å². The van der Waals surface area contributed by atoms with Crippen LogP contribution in [0.15, 0.2) is 18.2 Å². The van der Waals surface area contributed by atoms with Crippen molar-refractivity contribution in [3.8, 4) is 5.75 Å². The Kier molecular flexibility index (Phi) is 5.96. The van der Waals surface area contributed by atoms with Crippen molar-refractivity contribution in [2.45, 2.75) is 51.7 Å². The first-order valence-electron chi connectivity index (χ1n) is 8.11. The number of halogens is 3. The number of rotatable bonds is 4. The fourth-order valence-electron chi connectivity index (χ4n) is 2.81. The second-order valence-electron chi connectivity index (χ2n) is 6.39. The van der Waals surface area contributed by atoms with E-state index in [0.29, 0.717) is 17.2 Å². The van der Waals surface area contributed by atoms with Crippen molar-refractivity contribution < 1.29 is 22.7 Å². The number of carbonyl (C=O) groups is 1. The quantitative estimate of drug-likeness (QED) is 0.836. The Labute approximate surface area is 139 Å². The molecule has 2 amide bonds. The number of ether oxygens (including phenoxy) is 1. The Morgan fingerprint density at radius 2 is 1.92 bits per heavy atom. The van der Waals surface area contributed by atoms with Crippen molar-refractivity contribution in [2.75, 3.05) is 11.9 Å². The minimum Gasteiger partial charge on any atom is -0.484 e. The van der Waals surface area contributed by atoms with Crippen molar-refractivity contribution in [3.05, 3.63) is 23.8 Å². The number of nitrogens with one attached hydrogen (secondary N) is 2. The minimum absolute atomic E-state index is 0.108. The number of hydrogen-bond acceptors (Lipinski definition) is 2. The van der Waals surface area contributed by atoms with E-state index >= 15 is 0 Å². The molecule has 2 N–H and O–H groups in total. The van der Waals surface area contributed by atoms with Crippen molar-refractivity contribution in [2.24, 2.45) is 5.92 Å². The Morgan fingerprint density at radius 3 is 2.54 bits per heavy atom. The van der Waals surface area contributed by atoms with Gasteiger partial charge in [-0.05, 0) is 50.7 Å². The van der Waals surface area contributed by atoms with Crippen LogP contribution in [-0.4, -0.2) is 24.9 Å². The third kappa shape index (κ3) is 5.62. The van der Waals surface area contributed by atoms with E-state index in [9.17, 15) is 18.0 Å². The maximum absolute atomic E-state index is 12.3. The predicted molar refractivity (Wildman–Crippen MR) is 86.3 cm³/mol. The summed E-state index contributed by atoms with van der Waals surface area (Å²) in [6.07, 6.45) is -0.328. The molecule has 0 atom stereocenters. The van der Waals surface area contributed by atoms with Crippen LogP contribution in [0.2, 0.25) is 0 Å². The lowest BCUT2D eigenvalue weighted by atomic mass is 9.87. The van der Waals surface area contributed by atoms with Crippen LogP contribution in [0.3, 0.4) is 0 Å². The molecule has 0 aromatic heterocycles. The molecule has 24 heavy (non-hydrogen) atoms.